The molecule has 0 aliphatic rings. The lowest BCUT2D eigenvalue weighted by Crippen LogP contribution is -1.94. The van der Waals surface area contributed by atoms with Crippen LogP contribution < -0.4 is 0 Å². The molecule has 8 heteroatoms. The topological polar surface area (TPSA) is 94.1 Å². The van der Waals surface area contributed by atoms with Gasteiger partial charge in [0.25, 0.3) is 0 Å². The van der Waals surface area contributed by atoms with Crippen molar-refractivity contribution in [3.8, 4) is 11.4 Å². The molecule has 2 heterocycles. The van der Waals surface area contributed by atoms with Gasteiger partial charge in [-0.05, 0) is 24.3 Å². The second kappa shape index (κ2) is 5.23. The van der Waals surface area contributed by atoms with Crippen molar-refractivity contribution in [2.45, 2.75) is 10.1 Å². The molecule has 0 saturated heterocycles. The Morgan fingerprint density at radius 2 is 1.06 bits per heavy atom. The summed E-state index contributed by atoms with van der Waals surface area (Å²) in [6.07, 6.45) is 0. The van der Waals surface area contributed by atoms with Crippen molar-refractivity contribution in [3.63, 3.8) is 0 Å². The van der Waals surface area contributed by atoms with Gasteiger partial charge in [0, 0.05) is 0 Å². The molecule has 18 heavy (non-hydrogen) atoms. The molecule has 2 aromatic rings. The fourth-order valence-corrected chi connectivity index (χ4v) is 2.13. The van der Waals surface area contributed by atoms with E-state index in [2.05, 4.69) is 9.97 Å². The van der Waals surface area contributed by atoms with Crippen LogP contribution >= 0.6 is 0 Å². The fraction of sp³-hybridized carbons (Fsp3) is 0. The van der Waals surface area contributed by atoms with Crippen molar-refractivity contribution >= 4 is 21.4 Å². The minimum Gasteiger partial charge on any atom is -0.235 e. The Kier molecular flexibility index (Phi) is 3.68. The van der Waals surface area contributed by atoms with Crippen LogP contribution in [-0.2, 0) is 21.4 Å². The van der Waals surface area contributed by atoms with Crippen LogP contribution in [0.4, 0.5) is 0 Å². The number of hydrogen-bond acceptors (Lipinski definition) is 6. The van der Waals surface area contributed by atoms with E-state index in [0.29, 0.717) is 11.4 Å². The third-order valence-electron chi connectivity index (χ3n) is 2.11. The minimum atomic E-state index is -2.78. The summed E-state index contributed by atoms with van der Waals surface area (Å²) in [5.74, 6) is 0. The zero-order valence-corrected chi connectivity index (χ0v) is 10.7. The van der Waals surface area contributed by atoms with Gasteiger partial charge in [-0.25, -0.2) is 26.8 Å². The molecule has 2 rings (SSSR count). The molecule has 0 unspecified atom stereocenters. The van der Waals surface area contributed by atoms with Crippen LogP contribution in [0.2, 0.25) is 0 Å². The van der Waals surface area contributed by atoms with Crippen LogP contribution in [0.25, 0.3) is 11.4 Å². The van der Waals surface area contributed by atoms with Gasteiger partial charge in [0.15, 0.2) is 31.5 Å². The Morgan fingerprint density at radius 3 is 1.39 bits per heavy atom. The molecule has 0 saturated carbocycles. The van der Waals surface area contributed by atoms with E-state index < -0.39 is 21.4 Å². The van der Waals surface area contributed by atoms with Crippen molar-refractivity contribution in [1.82, 2.24) is 9.97 Å². The molecule has 0 N–H and O–H groups in total. The number of pyridine rings is 2. The molecule has 0 amide bonds. The summed E-state index contributed by atoms with van der Waals surface area (Å²) in [4.78, 5) is 7.77. The molecule has 0 spiro atoms. The van der Waals surface area contributed by atoms with Crippen LogP contribution in [0, 0.1) is 0 Å². The number of hydrogen-bond donors (Lipinski definition) is 2. The second-order valence-electron chi connectivity index (χ2n) is 3.28. The molecule has 0 fully saturated rings. The first-order valence-corrected chi connectivity index (χ1v) is 7.16. The molecule has 94 valence electrons. The van der Waals surface area contributed by atoms with Crippen LogP contribution in [0.15, 0.2) is 46.5 Å². The monoisotopic (exact) mass is 284 g/mol. The predicted molar refractivity (Wildman–Crippen MR) is 64.6 cm³/mol. The highest BCUT2D eigenvalue weighted by Crippen LogP contribution is 2.15. The third kappa shape index (κ3) is 2.71. The van der Waals surface area contributed by atoms with E-state index in [1.807, 2.05) is 0 Å². The summed E-state index contributed by atoms with van der Waals surface area (Å²) >= 11 is 0. The third-order valence-corrected chi connectivity index (χ3v) is 3.35. The van der Waals surface area contributed by atoms with Gasteiger partial charge in [-0.3, -0.25) is 0 Å². The molecular formula is C10H8N2O4S2. The Morgan fingerprint density at radius 1 is 0.667 bits per heavy atom. The van der Waals surface area contributed by atoms with Crippen molar-refractivity contribution in [2.24, 2.45) is 0 Å². The number of thiol groups is 2. The second-order valence-corrected chi connectivity index (χ2v) is 5.22. The standard InChI is InChI=1S/C10H8N2O4S2/c13-17(14)9-5-1-3-7(11-9)8-4-2-6-10(12-8)18(15)16/h1-6,17-18H. The first-order chi connectivity index (χ1) is 8.58. The summed E-state index contributed by atoms with van der Waals surface area (Å²) in [6.45, 7) is 0. The van der Waals surface area contributed by atoms with Crippen LogP contribution in [0.5, 0.6) is 0 Å². The quantitative estimate of drug-likeness (QED) is 0.775. The Hall–Kier alpha value is -1.80. The van der Waals surface area contributed by atoms with Crippen molar-refractivity contribution < 1.29 is 16.8 Å². The lowest BCUT2D eigenvalue weighted by Gasteiger charge is -2.00. The minimum absolute atomic E-state index is 0.0822. The summed E-state index contributed by atoms with van der Waals surface area (Å²) in [6, 6.07) is 8.88. The maximum atomic E-state index is 10.8. The van der Waals surface area contributed by atoms with Crippen molar-refractivity contribution in [1.29, 1.82) is 0 Å². The summed E-state index contributed by atoms with van der Waals surface area (Å²) in [5.41, 5.74) is 0.621. The summed E-state index contributed by atoms with van der Waals surface area (Å²) in [7, 11) is -5.56. The van der Waals surface area contributed by atoms with E-state index >= 15 is 0 Å². The normalized spacial score (nSPS) is 11.0. The molecule has 0 radical (unpaired) electrons. The van der Waals surface area contributed by atoms with Crippen LogP contribution in [0.3, 0.4) is 0 Å². The number of nitrogens with zero attached hydrogens (tertiary/aromatic N) is 2. The molecule has 6 nitrogen and oxygen atoms in total. The summed E-state index contributed by atoms with van der Waals surface area (Å²) in [5, 5.41) is -0.164. The van der Waals surface area contributed by atoms with Gasteiger partial charge >= 0.3 is 0 Å². The smallest absolute Gasteiger partial charge is 0.185 e. The highest BCUT2D eigenvalue weighted by atomic mass is 32.2. The van der Waals surface area contributed by atoms with Gasteiger partial charge in [-0.1, -0.05) is 12.1 Å². The van der Waals surface area contributed by atoms with Crippen LogP contribution in [0.1, 0.15) is 0 Å². The molecule has 0 aliphatic heterocycles. The van der Waals surface area contributed by atoms with Gasteiger partial charge in [0.05, 0.1) is 11.4 Å². The molecule has 0 bridgehead atoms. The molecule has 0 atom stereocenters. The largest absolute Gasteiger partial charge is 0.235 e. The Labute approximate surface area is 106 Å². The highest BCUT2D eigenvalue weighted by Gasteiger charge is 2.05. The van der Waals surface area contributed by atoms with E-state index in [1.165, 1.54) is 24.3 Å². The number of rotatable bonds is 3. The van der Waals surface area contributed by atoms with Gasteiger partial charge < -0.3 is 0 Å². The van der Waals surface area contributed by atoms with Gasteiger partial charge in [-0.15, -0.1) is 0 Å². The van der Waals surface area contributed by atoms with E-state index in [1.54, 1.807) is 12.1 Å². The van der Waals surface area contributed by atoms with Gasteiger partial charge in [0.1, 0.15) is 0 Å². The average Bonchev–Trinajstić information content (AvgIpc) is 2.39. The maximum absolute atomic E-state index is 10.8. The first-order valence-electron chi connectivity index (χ1n) is 4.81. The van der Waals surface area contributed by atoms with E-state index in [9.17, 15) is 16.8 Å². The van der Waals surface area contributed by atoms with Crippen molar-refractivity contribution in [2.75, 3.05) is 0 Å². The zero-order chi connectivity index (χ0) is 13.1. The Bertz CT molecular complexity index is 659. The van der Waals surface area contributed by atoms with E-state index in [0.717, 1.165) is 0 Å². The van der Waals surface area contributed by atoms with E-state index in [4.69, 9.17) is 0 Å². The SMILES string of the molecule is O=[SH](=O)c1cccc(-c2cccc([SH](=O)=O)n2)n1. The first kappa shape index (κ1) is 12.7. The van der Waals surface area contributed by atoms with E-state index in [-0.39, 0.29) is 10.1 Å². The molecule has 0 aromatic carbocycles. The summed E-state index contributed by atoms with van der Waals surface area (Å²) < 4.78 is 43.3. The zero-order valence-electron chi connectivity index (χ0n) is 8.89. The molecule has 0 aliphatic carbocycles. The van der Waals surface area contributed by atoms with Crippen molar-refractivity contribution in [3.05, 3.63) is 36.4 Å². The fourth-order valence-electron chi connectivity index (χ4n) is 1.34. The average molecular weight is 284 g/mol. The Balaban J connectivity index is 2.55. The maximum Gasteiger partial charge on any atom is 0.185 e. The predicted octanol–water partition coefficient (Wildman–Crippen LogP) is 0.0842. The number of aromatic nitrogens is 2. The highest BCUT2D eigenvalue weighted by molar-refractivity contribution is 7.72. The van der Waals surface area contributed by atoms with Gasteiger partial charge in [-0.2, -0.15) is 0 Å². The lowest BCUT2D eigenvalue weighted by molar-refractivity contribution is 0.609. The molecular weight excluding hydrogens is 276 g/mol. The molecule has 2 aromatic heterocycles. The lowest BCUT2D eigenvalue weighted by atomic mass is 10.2. The van der Waals surface area contributed by atoms with Crippen LogP contribution in [-0.4, -0.2) is 26.8 Å². The van der Waals surface area contributed by atoms with Gasteiger partial charge in [0.2, 0.25) is 0 Å².